The molecule has 0 radical (unpaired) electrons. The monoisotopic (exact) mass is 593 g/mol. The Hall–Kier alpha value is -3.12. The highest BCUT2D eigenvalue weighted by Gasteiger charge is 2.12. The first kappa shape index (κ1) is 38.9. The van der Waals surface area contributed by atoms with Crippen molar-refractivity contribution >= 4 is 0 Å². The number of unbranched alkanes of at least 4 members (excludes halogenated alkanes) is 2. The first-order valence-electron chi connectivity index (χ1n) is 17.7. The number of hydrogen-bond acceptors (Lipinski definition) is 0. The Morgan fingerprint density at radius 3 is 1.61 bits per heavy atom. The molecule has 0 nitrogen and oxygen atoms in total. The lowest BCUT2D eigenvalue weighted by Crippen LogP contribution is -2.04. The normalized spacial score (nSPS) is 10.8. The van der Waals surface area contributed by atoms with E-state index >= 15 is 0 Å². The van der Waals surface area contributed by atoms with Crippen molar-refractivity contribution in [1.29, 1.82) is 0 Å². The number of aryl methyl sites for hydroxylation is 8. The second-order valence-corrected chi connectivity index (χ2v) is 11.7. The van der Waals surface area contributed by atoms with Gasteiger partial charge in [-0.05, 0) is 110 Å². The van der Waals surface area contributed by atoms with Gasteiger partial charge in [0.15, 0.2) is 0 Å². The van der Waals surface area contributed by atoms with Crippen LogP contribution in [0.15, 0.2) is 91.0 Å². The summed E-state index contributed by atoms with van der Waals surface area (Å²) in [5.74, 6) is 0.552. The molecule has 4 aromatic rings. The van der Waals surface area contributed by atoms with Gasteiger partial charge in [0.05, 0.1) is 0 Å². The number of hydrogen-bond donors (Lipinski definition) is 0. The first-order chi connectivity index (χ1) is 21.4. The van der Waals surface area contributed by atoms with Gasteiger partial charge >= 0.3 is 0 Å². The highest BCUT2D eigenvalue weighted by atomic mass is 14.2. The van der Waals surface area contributed by atoms with Gasteiger partial charge in [-0.2, -0.15) is 0 Å². The summed E-state index contributed by atoms with van der Waals surface area (Å²) in [4.78, 5) is 0. The summed E-state index contributed by atoms with van der Waals surface area (Å²) in [6.45, 7) is 21.4. The minimum atomic E-state index is 0.552. The average molecular weight is 593 g/mol. The molecule has 44 heavy (non-hydrogen) atoms. The molecule has 0 aliphatic carbocycles. The molecule has 0 N–H and O–H groups in total. The molecule has 0 unspecified atom stereocenters. The van der Waals surface area contributed by atoms with E-state index in [-0.39, 0.29) is 0 Å². The zero-order chi connectivity index (χ0) is 32.7. The third-order valence-electron chi connectivity index (χ3n) is 8.28. The van der Waals surface area contributed by atoms with Gasteiger partial charge < -0.3 is 0 Å². The van der Waals surface area contributed by atoms with Crippen LogP contribution in [-0.2, 0) is 32.1 Å². The molecule has 0 heteroatoms. The second-order valence-electron chi connectivity index (χ2n) is 11.7. The fourth-order valence-corrected chi connectivity index (χ4v) is 5.55. The summed E-state index contributed by atoms with van der Waals surface area (Å²) >= 11 is 0. The molecule has 0 amide bonds. The molecule has 4 aromatic carbocycles. The molecule has 0 aliphatic rings. The van der Waals surface area contributed by atoms with Crippen molar-refractivity contribution in [3.63, 3.8) is 0 Å². The van der Waals surface area contributed by atoms with Crippen LogP contribution >= 0.6 is 0 Å². The van der Waals surface area contributed by atoms with E-state index in [4.69, 9.17) is 0 Å². The Morgan fingerprint density at radius 1 is 0.500 bits per heavy atom. The quantitative estimate of drug-likeness (QED) is 0.153. The fraction of sp³-hybridized carbons (Fsp3) is 0.455. The Kier molecular flexibility index (Phi) is 20.6. The topological polar surface area (TPSA) is 0 Å². The van der Waals surface area contributed by atoms with E-state index in [0.29, 0.717) is 5.92 Å². The second kappa shape index (κ2) is 23.3. The van der Waals surface area contributed by atoms with Crippen molar-refractivity contribution < 1.29 is 0 Å². The standard InChI is InChI=1S/C35H40.C5H12.2C2H6/c1-26-10-9-11-30(24-26)19-22-33-13-6-5-12-32(33)21-17-28(3)35-15-8-7-14-34(35)23-20-31-18-16-27(2)29(4)25-31;1-3-5-4-2;2*1-2/h5-16,18,24-25,28H,17,19-23H2,1-4H3;3-5H2,1-2H3;2*1-2H3/t28-;;;/m0.../s1. The predicted octanol–water partition coefficient (Wildman–Crippen LogP) is 13.2. The van der Waals surface area contributed by atoms with E-state index in [0.717, 1.165) is 32.1 Å². The van der Waals surface area contributed by atoms with Gasteiger partial charge in [0.1, 0.15) is 0 Å². The first-order valence-corrected chi connectivity index (χ1v) is 17.7. The minimum absolute atomic E-state index is 0.552. The third kappa shape index (κ3) is 14.1. The maximum absolute atomic E-state index is 2.41. The van der Waals surface area contributed by atoms with E-state index in [1.165, 1.54) is 75.8 Å². The molecule has 0 aromatic heterocycles. The maximum atomic E-state index is 2.41. The fourth-order valence-electron chi connectivity index (χ4n) is 5.55. The van der Waals surface area contributed by atoms with Crippen LogP contribution in [0.3, 0.4) is 0 Å². The van der Waals surface area contributed by atoms with Crippen molar-refractivity contribution in [2.24, 2.45) is 0 Å². The zero-order valence-electron chi connectivity index (χ0n) is 30.1. The number of rotatable bonds is 12. The highest BCUT2D eigenvalue weighted by Crippen LogP contribution is 2.27. The molecule has 0 fully saturated rings. The van der Waals surface area contributed by atoms with Crippen LogP contribution in [0.2, 0.25) is 0 Å². The molecule has 240 valence electrons. The lowest BCUT2D eigenvalue weighted by atomic mass is 9.87. The highest BCUT2D eigenvalue weighted by molar-refractivity contribution is 5.35. The smallest absolute Gasteiger partial charge is 0.0184 e. The lowest BCUT2D eigenvalue weighted by Gasteiger charge is -2.18. The summed E-state index contributed by atoms with van der Waals surface area (Å²) in [7, 11) is 0. The minimum Gasteiger partial charge on any atom is -0.0683 e. The Balaban J connectivity index is 0.000000962. The van der Waals surface area contributed by atoms with Gasteiger partial charge in [-0.3, -0.25) is 0 Å². The van der Waals surface area contributed by atoms with Crippen molar-refractivity contribution in [1.82, 2.24) is 0 Å². The van der Waals surface area contributed by atoms with E-state index in [1.54, 1.807) is 0 Å². The maximum Gasteiger partial charge on any atom is -0.0184 e. The van der Waals surface area contributed by atoms with Crippen molar-refractivity contribution in [3.8, 4) is 0 Å². The Labute approximate surface area is 273 Å². The third-order valence-corrected chi connectivity index (χ3v) is 8.28. The number of benzene rings is 4. The molecule has 0 bridgehead atoms. The largest absolute Gasteiger partial charge is 0.0683 e. The summed E-state index contributed by atoms with van der Waals surface area (Å²) in [5, 5.41) is 0. The van der Waals surface area contributed by atoms with Crippen LogP contribution in [0.25, 0.3) is 0 Å². The molecule has 0 heterocycles. The van der Waals surface area contributed by atoms with Gasteiger partial charge in [-0.15, -0.1) is 0 Å². The molecular weight excluding hydrogens is 528 g/mol. The molecule has 0 aliphatic heterocycles. The van der Waals surface area contributed by atoms with E-state index in [9.17, 15) is 0 Å². The van der Waals surface area contributed by atoms with Crippen LogP contribution < -0.4 is 0 Å². The Morgan fingerprint density at radius 2 is 1.05 bits per heavy atom. The summed E-state index contributed by atoms with van der Waals surface area (Å²) in [6, 6.07) is 34.0. The van der Waals surface area contributed by atoms with Crippen LogP contribution in [0.4, 0.5) is 0 Å². The van der Waals surface area contributed by atoms with Crippen LogP contribution in [-0.4, -0.2) is 0 Å². The summed E-state index contributed by atoms with van der Waals surface area (Å²) in [6.07, 6.45) is 10.8. The van der Waals surface area contributed by atoms with Crippen LogP contribution in [0, 0.1) is 20.8 Å². The molecule has 1 atom stereocenters. The molecule has 0 spiro atoms. The van der Waals surface area contributed by atoms with Crippen molar-refractivity contribution in [3.05, 3.63) is 141 Å². The van der Waals surface area contributed by atoms with E-state index in [2.05, 4.69) is 133 Å². The summed E-state index contributed by atoms with van der Waals surface area (Å²) in [5.41, 5.74) is 13.0. The molecule has 0 saturated heterocycles. The van der Waals surface area contributed by atoms with Crippen molar-refractivity contribution in [2.45, 2.75) is 133 Å². The van der Waals surface area contributed by atoms with E-state index < -0.39 is 0 Å². The van der Waals surface area contributed by atoms with Gasteiger partial charge in [0.25, 0.3) is 0 Å². The molecule has 0 saturated carbocycles. The van der Waals surface area contributed by atoms with Gasteiger partial charge in [0, 0.05) is 0 Å². The van der Waals surface area contributed by atoms with Gasteiger partial charge in [-0.25, -0.2) is 0 Å². The van der Waals surface area contributed by atoms with Crippen molar-refractivity contribution in [2.75, 3.05) is 0 Å². The lowest BCUT2D eigenvalue weighted by molar-refractivity contribution is 0.667. The molecule has 4 rings (SSSR count). The SMILES string of the molecule is CC.CC.CCCCC.Cc1cccc(CCc2ccccc2CC[C@H](C)c2ccccc2CCc2ccc(C)c(C)c2)c1. The Bertz CT molecular complexity index is 1290. The molecular formula is C44H64. The zero-order valence-corrected chi connectivity index (χ0v) is 30.1. The van der Waals surface area contributed by atoms with Crippen LogP contribution in [0.1, 0.15) is 130 Å². The van der Waals surface area contributed by atoms with Gasteiger partial charge in [-0.1, -0.05) is 164 Å². The predicted molar refractivity (Wildman–Crippen MR) is 199 cm³/mol. The van der Waals surface area contributed by atoms with Gasteiger partial charge in [0.2, 0.25) is 0 Å². The van der Waals surface area contributed by atoms with E-state index in [1.807, 2.05) is 27.7 Å². The average Bonchev–Trinajstić information content (AvgIpc) is 3.06. The van der Waals surface area contributed by atoms with Crippen LogP contribution in [0.5, 0.6) is 0 Å². The summed E-state index contributed by atoms with van der Waals surface area (Å²) < 4.78 is 0.